The Labute approximate surface area is 242 Å². The van der Waals surface area contributed by atoms with Crippen molar-refractivity contribution in [3.05, 3.63) is 48.0 Å². The average molecular weight is 595 g/mol. The zero-order valence-electron chi connectivity index (χ0n) is 23.3. The van der Waals surface area contributed by atoms with Crippen LogP contribution < -0.4 is 9.64 Å². The minimum Gasteiger partial charge on any atom is -0.494 e. The van der Waals surface area contributed by atoms with Crippen LogP contribution in [0, 0.1) is 11.8 Å². The molecule has 2 unspecified atom stereocenters. The van der Waals surface area contributed by atoms with Crippen LogP contribution in [0.4, 0.5) is 5.13 Å². The summed E-state index contributed by atoms with van der Waals surface area (Å²) in [7, 11) is 0.392. The number of fused-ring (bicyclic) bond motifs is 1. The Hall–Kier alpha value is -2.24. The van der Waals surface area contributed by atoms with Crippen LogP contribution in [0.1, 0.15) is 44.0 Å². The average Bonchev–Trinajstić information content (AvgIpc) is 3.29. The van der Waals surface area contributed by atoms with Crippen molar-refractivity contribution in [3.8, 4) is 5.75 Å². The van der Waals surface area contributed by atoms with E-state index in [9.17, 15) is 13.2 Å². The molecule has 1 amide bonds. The highest BCUT2D eigenvalue weighted by atomic mass is 35.5. The van der Waals surface area contributed by atoms with Gasteiger partial charge in [-0.05, 0) is 94.7 Å². The number of ether oxygens (including phenoxy) is 1. The maximum absolute atomic E-state index is 13.7. The summed E-state index contributed by atoms with van der Waals surface area (Å²) in [6.07, 6.45) is 1.80. The van der Waals surface area contributed by atoms with Gasteiger partial charge in [0.15, 0.2) is 5.13 Å². The molecule has 0 N–H and O–H groups in total. The molecule has 4 rings (SSSR count). The number of thiazole rings is 1. The molecule has 0 aliphatic carbocycles. The second-order valence-corrected chi connectivity index (χ2v) is 13.4. The van der Waals surface area contributed by atoms with Crippen molar-refractivity contribution in [2.45, 2.75) is 38.5 Å². The van der Waals surface area contributed by atoms with E-state index in [-0.39, 0.29) is 23.2 Å². The fraction of sp³-hybridized carbons (Fsp3) is 0.500. The Balaban J connectivity index is 0.00000420. The normalized spacial score (nSPS) is 18.2. The summed E-state index contributed by atoms with van der Waals surface area (Å²) in [5.41, 5.74) is 1.24. The number of amides is 1. The van der Waals surface area contributed by atoms with E-state index in [2.05, 4.69) is 18.7 Å². The second kappa shape index (κ2) is 13.4. The Kier molecular flexibility index (Phi) is 10.8. The second-order valence-electron chi connectivity index (χ2n) is 10.5. The number of anilines is 1. The van der Waals surface area contributed by atoms with Crippen molar-refractivity contribution in [1.29, 1.82) is 0 Å². The van der Waals surface area contributed by atoms with E-state index in [0.717, 1.165) is 35.4 Å². The lowest BCUT2D eigenvalue weighted by atomic mass is 9.94. The number of benzene rings is 2. The highest BCUT2D eigenvalue weighted by Gasteiger charge is 2.32. The molecule has 214 valence electrons. The van der Waals surface area contributed by atoms with Gasteiger partial charge >= 0.3 is 0 Å². The summed E-state index contributed by atoms with van der Waals surface area (Å²) >= 11 is 1.45. The minimum atomic E-state index is -3.61. The van der Waals surface area contributed by atoms with E-state index >= 15 is 0 Å². The van der Waals surface area contributed by atoms with E-state index in [1.807, 2.05) is 39.2 Å². The van der Waals surface area contributed by atoms with Crippen LogP contribution in [0.15, 0.2) is 47.4 Å². The summed E-state index contributed by atoms with van der Waals surface area (Å²) in [5, 5.41) is 0.616. The minimum absolute atomic E-state index is 0. The fourth-order valence-electron chi connectivity index (χ4n) is 4.97. The van der Waals surface area contributed by atoms with Crippen molar-refractivity contribution in [2.75, 3.05) is 51.8 Å². The van der Waals surface area contributed by atoms with Gasteiger partial charge in [0.05, 0.1) is 21.7 Å². The third kappa shape index (κ3) is 7.49. The molecular formula is C28H39ClN4O4S2. The largest absolute Gasteiger partial charge is 0.494 e. The number of carbonyl (C=O) groups is 1. The van der Waals surface area contributed by atoms with Crippen LogP contribution >= 0.6 is 23.7 Å². The molecule has 0 spiro atoms. The van der Waals surface area contributed by atoms with Gasteiger partial charge in [0.25, 0.3) is 5.91 Å². The standard InChI is InChI=1S/C28H38N4O4S2.ClH/c1-6-36-23-10-13-25-26(17-23)37-28(29-25)32(15-7-14-30(4)5)27(33)22-8-11-24(12-9-22)38(34,35)31-18-20(2)16-21(3)19-31;/h8-13,17,20-21H,6-7,14-16,18-19H2,1-5H3;1H. The van der Waals surface area contributed by atoms with Crippen LogP contribution in [-0.4, -0.2) is 75.4 Å². The molecule has 0 radical (unpaired) electrons. The van der Waals surface area contributed by atoms with Crippen LogP contribution in [0.2, 0.25) is 0 Å². The molecule has 2 heterocycles. The summed E-state index contributed by atoms with van der Waals surface area (Å²) in [6, 6.07) is 12.1. The fourth-order valence-corrected chi connectivity index (χ4v) is 7.67. The number of hydrogen-bond donors (Lipinski definition) is 0. The number of hydrogen-bond acceptors (Lipinski definition) is 7. The van der Waals surface area contributed by atoms with Crippen LogP contribution in [-0.2, 0) is 10.0 Å². The number of sulfonamides is 1. The van der Waals surface area contributed by atoms with Gasteiger partial charge in [-0.2, -0.15) is 4.31 Å². The van der Waals surface area contributed by atoms with Gasteiger partial charge in [-0.3, -0.25) is 9.69 Å². The molecule has 0 bridgehead atoms. The molecule has 8 nitrogen and oxygen atoms in total. The van der Waals surface area contributed by atoms with Crippen molar-refractivity contribution in [1.82, 2.24) is 14.2 Å². The first-order valence-electron chi connectivity index (χ1n) is 13.2. The van der Waals surface area contributed by atoms with E-state index in [1.54, 1.807) is 33.5 Å². The van der Waals surface area contributed by atoms with Crippen LogP contribution in [0.3, 0.4) is 0 Å². The molecule has 1 saturated heterocycles. The summed E-state index contributed by atoms with van der Waals surface area (Å²) < 4.78 is 34.8. The first kappa shape index (κ1) is 31.3. The number of halogens is 1. The Morgan fingerprint density at radius 3 is 2.36 bits per heavy atom. The SMILES string of the molecule is CCOc1ccc2nc(N(CCCN(C)C)C(=O)c3ccc(S(=O)(=O)N4CC(C)CC(C)C4)cc3)sc2c1.Cl. The molecule has 1 aliphatic rings. The van der Waals surface area contributed by atoms with Crippen molar-refractivity contribution in [2.24, 2.45) is 11.8 Å². The zero-order chi connectivity index (χ0) is 27.4. The van der Waals surface area contributed by atoms with E-state index in [0.29, 0.717) is 48.8 Å². The third-order valence-electron chi connectivity index (χ3n) is 6.70. The smallest absolute Gasteiger partial charge is 0.260 e. The molecule has 1 aliphatic heterocycles. The summed E-state index contributed by atoms with van der Waals surface area (Å²) in [5.74, 6) is 1.22. The number of aromatic nitrogens is 1. The van der Waals surface area contributed by atoms with E-state index < -0.39 is 10.0 Å². The molecule has 2 aromatic carbocycles. The van der Waals surface area contributed by atoms with Crippen LogP contribution in [0.5, 0.6) is 5.75 Å². The number of rotatable bonds is 10. The Bertz CT molecular complexity index is 1350. The maximum Gasteiger partial charge on any atom is 0.260 e. The lowest BCUT2D eigenvalue weighted by Crippen LogP contribution is -2.42. The first-order valence-corrected chi connectivity index (χ1v) is 15.4. The molecule has 1 aromatic heterocycles. The molecule has 2 atom stereocenters. The molecule has 1 fully saturated rings. The summed E-state index contributed by atoms with van der Waals surface area (Å²) in [6.45, 7) is 9.07. The van der Waals surface area contributed by atoms with E-state index in [1.165, 1.54) is 11.3 Å². The zero-order valence-corrected chi connectivity index (χ0v) is 25.7. The lowest BCUT2D eigenvalue weighted by Gasteiger charge is -2.34. The predicted molar refractivity (Wildman–Crippen MR) is 161 cm³/mol. The monoisotopic (exact) mass is 594 g/mol. The van der Waals surface area contributed by atoms with Gasteiger partial charge in [-0.25, -0.2) is 13.4 Å². The van der Waals surface area contributed by atoms with E-state index in [4.69, 9.17) is 9.72 Å². The van der Waals surface area contributed by atoms with Crippen molar-refractivity contribution < 1.29 is 17.9 Å². The number of piperidine rings is 1. The topological polar surface area (TPSA) is 83.0 Å². The predicted octanol–water partition coefficient (Wildman–Crippen LogP) is 5.38. The highest BCUT2D eigenvalue weighted by molar-refractivity contribution is 7.89. The van der Waals surface area contributed by atoms with Gasteiger partial charge in [0, 0.05) is 25.2 Å². The number of nitrogens with zero attached hydrogens (tertiary/aromatic N) is 4. The van der Waals surface area contributed by atoms with Gasteiger partial charge in [0.1, 0.15) is 5.75 Å². The molecular weight excluding hydrogens is 556 g/mol. The van der Waals surface area contributed by atoms with Crippen molar-refractivity contribution in [3.63, 3.8) is 0 Å². The summed E-state index contributed by atoms with van der Waals surface area (Å²) in [4.78, 5) is 22.5. The van der Waals surface area contributed by atoms with Gasteiger partial charge in [0.2, 0.25) is 10.0 Å². The molecule has 11 heteroatoms. The highest BCUT2D eigenvalue weighted by Crippen LogP contribution is 2.33. The number of carbonyl (C=O) groups excluding carboxylic acids is 1. The van der Waals surface area contributed by atoms with Gasteiger partial charge in [-0.15, -0.1) is 12.4 Å². The Morgan fingerprint density at radius 1 is 1.08 bits per heavy atom. The third-order valence-corrected chi connectivity index (χ3v) is 9.58. The van der Waals surface area contributed by atoms with Crippen molar-refractivity contribution >= 4 is 55.0 Å². The van der Waals surface area contributed by atoms with Gasteiger partial charge in [-0.1, -0.05) is 25.2 Å². The maximum atomic E-state index is 13.7. The van der Waals surface area contributed by atoms with Crippen LogP contribution in [0.25, 0.3) is 10.2 Å². The molecule has 0 saturated carbocycles. The van der Waals surface area contributed by atoms with Gasteiger partial charge < -0.3 is 9.64 Å². The molecule has 3 aromatic rings. The Morgan fingerprint density at radius 2 is 1.74 bits per heavy atom. The molecule has 39 heavy (non-hydrogen) atoms. The lowest BCUT2D eigenvalue weighted by molar-refractivity contribution is 0.0986. The quantitative estimate of drug-likeness (QED) is 0.313. The first-order chi connectivity index (χ1) is 18.1.